The number of hydrogen-bond acceptors (Lipinski definition) is 6. The third kappa shape index (κ3) is 3.56. The van der Waals surface area contributed by atoms with Gasteiger partial charge in [0.05, 0.1) is 0 Å². The van der Waals surface area contributed by atoms with Gasteiger partial charge in [0.2, 0.25) is 5.89 Å². The van der Waals surface area contributed by atoms with E-state index in [0.29, 0.717) is 28.7 Å². The molecule has 0 atom stereocenters. The minimum Gasteiger partial charge on any atom is -0.432 e. The van der Waals surface area contributed by atoms with Crippen LogP contribution >= 0.6 is 11.6 Å². The Hall–Kier alpha value is -3.91. The van der Waals surface area contributed by atoms with Crippen LogP contribution in [-0.2, 0) is 7.05 Å². The molecule has 0 bridgehead atoms. The molecule has 0 amide bonds. The molecule has 0 aliphatic heterocycles. The lowest BCUT2D eigenvalue weighted by Gasteiger charge is -2.12. The molecule has 0 spiro atoms. The van der Waals surface area contributed by atoms with Crippen LogP contribution < -0.4 is 0 Å². The number of hydrogen-bond donors (Lipinski definition) is 0. The molecule has 1 aliphatic rings. The number of rotatable bonds is 5. The molecule has 0 N–H and O–H groups in total. The maximum Gasteiger partial charge on any atom is 0.246 e. The molecular formula is C25H17ClFN5O2. The van der Waals surface area contributed by atoms with Crippen molar-refractivity contribution in [2.75, 3.05) is 0 Å². The molecule has 1 aliphatic carbocycles. The predicted molar refractivity (Wildman–Crippen MR) is 125 cm³/mol. The molecule has 168 valence electrons. The van der Waals surface area contributed by atoms with Gasteiger partial charge in [-0.3, -0.25) is 4.79 Å². The van der Waals surface area contributed by atoms with Gasteiger partial charge in [-0.25, -0.2) is 14.4 Å². The van der Waals surface area contributed by atoms with Crippen molar-refractivity contribution >= 4 is 29.0 Å². The first-order valence-electron chi connectivity index (χ1n) is 10.7. The molecule has 3 heterocycles. The Kier molecular flexibility index (Phi) is 4.77. The highest BCUT2D eigenvalue weighted by molar-refractivity contribution is 6.31. The predicted octanol–water partition coefficient (Wildman–Crippen LogP) is 5.83. The molecule has 0 radical (unpaired) electrons. The molecule has 1 saturated carbocycles. The summed E-state index contributed by atoms with van der Waals surface area (Å²) in [7, 11) is 1.87. The van der Waals surface area contributed by atoms with Crippen molar-refractivity contribution in [1.29, 1.82) is 0 Å². The molecule has 34 heavy (non-hydrogen) atoms. The first-order valence-corrected chi connectivity index (χ1v) is 11.1. The van der Waals surface area contributed by atoms with Gasteiger partial charge in [0, 0.05) is 34.8 Å². The SMILES string of the molecule is Cn1cnnc1-c1cc(Cl)ccc1-c1cc(-c2nc3cc(C=O)cc(F)c3o2)nc(C2CC2)c1. The average molecular weight is 474 g/mol. The molecule has 7 nitrogen and oxygen atoms in total. The van der Waals surface area contributed by atoms with E-state index in [-0.39, 0.29) is 22.6 Å². The van der Waals surface area contributed by atoms with Gasteiger partial charge in [-0.1, -0.05) is 17.7 Å². The zero-order chi connectivity index (χ0) is 23.4. The van der Waals surface area contributed by atoms with Gasteiger partial charge >= 0.3 is 0 Å². The normalized spacial score (nSPS) is 13.5. The van der Waals surface area contributed by atoms with Crippen LogP contribution in [0.3, 0.4) is 0 Å². The van der Waals surface area contributed by atoms with Crippen LogP contribution in [0.1, 0.15) is 34.8 Å². The van der Waals surface area contributed by atoms with E-state index < -0.39 is 5.82 Å². The lowest BCUT2D eigenvalue weighted by atomic mass is 9.97. The number of halogens is 2. The summed E-state index contributed by atoms with van der Waals surface area (Å²) in [6.07, 6.45) is 4.32. The molecule has 1 fully saturated rings. The Morgan fingerprint density at radius 1 is 1.12 bits per heavy atom. The van der Waals surface area contributed by atoms with Crippen molar-refractivity contribution in [3.05, 3.63) is 70.9 Å². The first-order chi connectivity index (χ1) is 16.5. The summed E-state index contributed by atoms with van der Waals surface area (Å²) in [5.74, 6) is 0.579. The Labute approximate surface area is 198 Å². The zero-order valence-electron chi connectivity index (χ0n) is 18.0. The number of pyridine rings is 1. The number of oxazole rings is 1. The van der Waals surface area contributed by atoms with Gasteiger partial charge < -0.3 is 8.98 Å². The van der Waals surface area contributed by atoms with E-state index in [1.807, 2.05) is 35.9 Å². The number of carbonyl (C=O) groups is 1. The van der Waals surface area contributed by atoms with E-state index in [9.17, 15) is 9.18 Å². The van der Waals surface area contributed by atoms with Crippen molar-refractivity contribution in [1.82, 2.24) is 24.7 Å². The summed E-state index contributed by atoms with van der Waals surface area (Å²) >= 11 is 6.32. The first kappa shape index (κ1) is 20.7. The summed E-state index contributed by atoms with van der Waals surface area (Å²) in [6, 6.07) is 12.2. The topological polar surface area (TPSA) is 86.7 Å². The fourth-order valence-corrected chi connectivity index (χ4v) is 4.25. The maximum atomic E-state index is 14.5. The van der Waals surface area contributed by atoms with Gasteiger partial charge in [0.15, 0.2) is 17.2 Å². The van der Waals surface area contributed by atoms with Crippen LogP contribution in [0, 0.1) is 5.82 Å². The highest BCUT2D eigenvalue weighted by Crippen LogP contribution is 2.43. The number of aromatic nitrogens is 5. The Morgan fingerprint density at radius 2 is 1.97 bits per heavy atom. The Balaban J connectivity index is 1.55. The van der Waals surface area contributed by atoms with Gasteiger partial charge in [0.1, 0.15) is 23.8 Å². The minimum atomic E-state index is -0.640. The smallest absolute Gasteiger partial charge is 0.246 e. The second kappa shape index (κ2) is 7.85. The molecule has 0 saturated heterocycles. The number of aryl methyl sites for hydroxylation is 1. The van der Waals surface area contributed by atoms with Crippen LogP contribution in [-0.4, -0.2) is 31.0 Å². The third-order valence-electron chi connectivity index (χ3n) is 5.91. The van der Waals surface area contributed by atoms with Crippen LogP contribution in [0.4, 0.5) is 4.39 Å². The van der Waals surface area contributed by atoms with E-state index in [4.69, 9.17) is 21.0 Å². The molecular weight excluding hydrogens is 457 g/mol. The fraction of sp³-hybridized carbons (Fsp3) is 0.160. The van der Waals surface area contributed by atoms with E-state index >= 15 is 0 Å². The van der Waals surface area contributed by atoms with Gasteiger partial charge in [-0.2, -0.15) is 0 Å². The number of benzene rings is 2. The summed E-state index contributed by atoms with van der Waals surface area (Å²) in [5.41, 5.74) is 4.47. The lowest BCUT2D eigenvalue weighted by Crippen LogP contribution is -1.97. The molecule has 0 unspecified atom stereocenters. The largest absolute Gasteiger partial charge is 0.432 e. The van der Waals surface area contributed by atoms with Gasteiger partial charge in [-0.05, 0) is 60.4 Å². The van der Waals surface area contributed by atoms with Gasteiger partial charge in [0.25, 0.3) is 0 Å². The quantitative estimate of drug-likeness (QED) is 0.298. The number of aldehydes is 1. The molecule has 5 aromatic rings. The highest BCUT2D eigenvalue weighted by Gasteiger charge is 2.27. The standard InChI is InChI=1S/C25H17ClFN5O2/c1-32-12-28-31-24(32)18-10-16(26)4-5-17(18)15-8-20(14-2-3-14)29-22(9-15)25-30-21-7-13(11-33)6-19(27)23(21)34-25/h4-12,14H,2-3H2,1H3. The number of carbonyl (C=O) groups excluding carboxylic acids is 1. The van der Waals surface area contributed by atoms with Crippen LogP contribution in [0.2, 0.25) is 5.02 Å². The summed E-state index contributed by atoms with van der Waals surface area (Å²) in [5, 5.41) is 8.84. The fourth-order valence-electron chi connectivity index (χ4n) is 4.08. The van der Waals surface area contributed by atoms with Gasteiger partial charge in [-0.15, -0.1) is 10.2 Å². The second-order valence-corrected chi connectivity index (χ2v) is 8.82. The number of nitrogens with zero attached hydrogens (tertiary/aromatic N) is 5. The molecule has 3 aromatic heterocycles. The minimum absolute atomic E-state index is 0.00737. The van der Waals surface area contributed by atoms with Crippen molar-refractivity contribution in [3.63, 3.8) is 0 Å². The van der Waals surface area contributed by atoms with Crippen molar-refractivity contribution < 1.29 is 13.6 Å². The van der Waals surface area contributed by atoms with Crippen molar-refractivity contribution in [2.45, 2.75) is 18.8 Å². The summed E-state index contributed by atoms with van der Waals surface area (Å²) in [4.78, 5) is 20.3. The monoisotopic (exact) mass is 473 g/mol. The molecule has 2 aromatic carbocycles. The maximum absolute atomic E-state index is 14.5. The average Bonchev–Trinajstić information content (AvgIpc) is 3.46. The van der Waals surface area contributed by atoms with Crippen molar-refractivity contribution in [3.8, 4) is 34.1 Å². The number of fused-ring (bicyclic) bond motifs is 1. The van der Waals surface area contributed by atoms with Crippen molar-refractivity contribution in [2.24, 2.45) is 7.05 Å². The Morgan fingerprint density at radius 3 is 2.71 bits per heavy atom. The van der Waals surface area contributed by atoms with E-state index in [2.05, 4.69) is 21.2 Å². The highest BCUT2D eigenvalue weighted by atomic mass is 35.5. The van der Waals surface area contributed by atoms with Crippen LogP contribution in [0.15, 0.2) is 53.2 Å². The third-order valence-corrected chi connectivity index (χ3v) is 6.14. The van der Waals surface area contributed by atoms with E-state index in [1.165, 1.54) is 6.07 Å². The van der Waals surface area contributed by atoms with E-state index in [0.717, 1.165) is 41.3 Å². The second-order valence-electron chi connectivity index (χ2n) is 8.38. The summed E-state index contributed by atoms with van der Waals surface area (Å²) < 4.78 is 22.1. The zero-order valence-corrected chi connectivity index (χ0v) is 18.8. The lowest BCUT2D eigenvalue weighted by molar-refractivity contribution is 0.112. The van der Waals surface area contributed by atoms with E-state index in [1.54, 1.807) is 6.33 Å². The van der Waals surface area contributed by atoms with Crippen LogP contribution in [0.25, 0.3) is 45.2 Å². The molecule has 9 heteroatoms. The molecule has 6 rings (SSSR count). The van der Waals surface area contributed by atoms with Crippen LogP contribution in [0.5, 0.6) is 0 Å². The summed E-state index contributed by atoms with van der Waals surface area (Å²) in [6.45, 7) is 0. The Bertz CT molecular complexity index is 1590.